The maximum Gasteiger partial charge on any atom is 0.305 e. The fraction of sp³-hybridized carbons (Fsp3) is 0.414. The summed E-state index contributed by atoms with van der Waals surface area (Å²) >= 11 is 0. The molecular formula is C29H35N3O4. The van der Waals surface area contributed by atoms with Crippen molar-refractivity contribution in [3.05, 3.63) is 76.1 Å². The molecule has 1 aliphatic rings. The monoisotopic (exact) mass is 489 g/mol. The van der Waals surface area contributed by atoms with Gasteiger partial charge < -0.3 is 14.4 Å². The lowest BCUT2D eigenvalue weighted by Gasteiger charge is -2.33. The van der Waals surface area contributed by atoms with Crippen molar-refractivity contribution in [2.45, 2.75) is 59.5 Å². The minimum Gasteiger partial charge on any atom is -0.490 e. The number of esters is 1. The van der Waals surface area contributed by atoms with E-state index in [0.29, 0.717) is 31.5 Å². The van der Waals surface area contributed by atoms with E-state index in [1.807, 2.05) is 53.8 Å². The molecule has 1 saturated heterocycles. The van der Waals surface area contributed by atoms with Crippen molar-refractivity contribution in [3.63, 3.8) is 0 Å². The minimum atomic E-state index is -0.231. The van der Waals surface area contributed by atoms with Crippen LogP contribution in [0.25, 0.3) is 5.69 Å². The lowest BCUT2D eigenvalue weighted by Crippen LogP contribution is -2.41. The highest BCUT2D eigenvalue weighted by Crippen LogP contribution is 2.27. The Balaban J connectivity index is 1.38. The van der Waals surface area contributed by atoms with Crippen molar-refractivity contribution in [1.82, 2.24) is 14.7 Å². The summed E-state index contributed by atoms with van der Waals surface area (Å²) in [5.74, 6) is 0.778. The molecule has 0 N–H and O–H groups in total. The predicted molar refractivity (Wildman–Crippen MR) is 139 cm³/mol. The highest BCUT2D eigenvalue weighted by atomic mass is 16.5. The summed E-state index contributed by atoms with van der Waals surface area (Å²) in [5.41, 5.74) is 6.77. The number of hydrogen-bond acceptors (Lipinski definition) is 5. The van der Waals surface area contributed by atoms with Crippen molar-refractivity contribution < 1.29 is 19.1 Å². The Morgan fingerprint density at radius 1 is 0.972 bits per heavy atom. The molecule has 1 aromatic heterocycles. The average Bonchev–Trinajstić information content (AvgIpc) is 3.17. The van der Waals surface area contributed by atoms with Crippen molar-refractivity contribution in [2.75, 3.05) is 20.2 Å². The van der Waals surface area contributed by atoms with E-state index in [-0.39, 0.29) is 18.0 Å². The van der Waals surface area contributed by atoms with Gasteiger partial charge in [0.1, 0.15) is 11.9 Å². The maximum absolute atomic E-state index is 13.1. The van der Waals surface area contributed by atoms with Gasteiger partial charge in [0.2, 0.25) is 0 Å². The van der Waals surface area contributed by atoms with Crippen LogP contribution < -0.4 is 4.74 Å². The molecule has 1 fully saturated rings. The van der Waals surface area contributed by atoms with Crippen LogP contribution in [0.2, 0.25) is 0 Å². The van der Waals surface area contributed by atoms with Crippen LogP contribution in [-0.2, 0) is 16.0 Å². The molecule has 0 radical (unpaired) electrons. The third kappa shape index (κ3) is 5.45. The first kappa shape index (κ1) is 25.5. The van der Waals surface area contributed by atoms with Crippen LogP contribution in [0.15, 0.2) is 42.5 Å². The highest BCUT2D eigenvalue weighted by Gasteiger charge is 2.25. The number of carbonyl (C=O) groups excluding carboxylic acids is 2. The second-order valence-corrected chi connectivity index (χ2v) is 9.51. The molecule has 0 bridgehead atoms. The average molecular weight is 490 g/mol. The van der Waals surface area contributed by atoms with Crippen LogP contribution in [-0.4, -0.2) is 52.9 Å². The largest absolute Gasteiger partial charge is 0.490 e. The summed E-state index contributed by atoms with van der Waals surface area (Å²) in [7, 11) is 1.40. The summed E-state index contributed by atoms with van der Waals surface area (Å²) in [6.45, 7) is 9.44. The number of benzene rings is 2. The Morgan fingerprint density at radius 2 is 1.61 bits per heavy atom. The molecule has 36 heavy (non-hydrogen) atoms. The number of aryl methyl sites for hydroxylation is 3. The summed E-state index contributed by atoms with van der Waals surface area (Å²) in [6.07, 6.45) is 2.67. The van der Waals surface area contributed by atoms with E-state index in [9.17, 15) is 9.59 Å². The SMILES string of the molecule is COC(=O)CCc1c(C)nn(-c2ccc(C(=O)N3CCC(Oc4c(C)cccc4C)CC3)cc2)c1C. The molecule has 0 atom stereocenters. The van der Waals surface area contributed by atoms with Crippen LogP contribution in [0.3, 0.4) is 0 Å². The van der Waals surface area contributed by atoms with Crippen LogP contribution in [0.5, 0.6) is 5.75 Å². The smallest absolute Gasteiger partial charge is 0.305 e. The Hall–Kier alpha value is -3.61. The van der Waals surface area contributed by atoms with Crippen LogP contribution in [0.4, 0.5) is 0 Å². The molecule has 1 amide bonds. The number of carbonyl (C=O) groups is 2. The minimum absolute atomic E-state index is 0.0409. The number of ether oxygens (including phenoxy) is 2. The van der Waals surface area contributed by atoms with E-state index < -0.39 is 0 Å². The number of methoxy groups -OCH3 is 1. The molecule has 1 aliphatic heterocycles. The number of piperidine rings is 1. The molecule has 0 spiro atoms. The lowest BCUT2D eigenvalue weighted by molar-refractivity contribution is -0.140. The molecule has 7 heteroatoms. The van der Waals surface area contributed by atoms with Gasteiger partial charge >= 0.3 is 5.97 Å². The number of likely N-dealkylation sites (tertiary alicyclic amines) is 1. The van der Waals surface area contributed by atoms with Gasteiger partial charge in [-0.3, -0.25) is 9.59 Å². The predicted octanol–water partition coefficient (Wildman–Crippen LogP) is 4.90. The van der Waals surface area contributed by atoms with Gasteiger partial charge in [0.05, 0.1) is 18.5 Å². The zero-order chi connectivity index (χ0) is 25.8. The first-order valence-corrected chi connectivity index (χ1v) is 12.5. The number of nitrogens with zero attached hydrogens (tertiary/aromatic N) is 3. The summed E-state index contributed by atoms with van der Waals surface area (Å²) in [6, 6.07) is 13.8. The third-order valence-corrected chi connectivity index (χ3v) is 7.03. The number of amides is 1. The Morgan fingerprint density at radius 3 is 2.22 bits per heavy atom. The fourth-order valence-corrected chi connectivity index (χ4v) is 4.87. The number of para-hydroxylation sites is 1. The number of aromatic nitrogens is 2. The quantitative estimate of drug-likeness (QED) is 0.442. The van der Waals surface area contributed by atoms with Crippen molar-refractivity contribution in [2.24, 2.45) is 0 Å². The molecular weight excluding hydrogens is 454 g/mol. The zero-order valence-corrected chi connectivity index (χ0v) is 21.8. The van der Waals surface area contributed by atoms with Crippen molar-refractivity contribution >= 4 is 11.9 Å². The molecule has 0 aliphatic carbocycles. The molecule has 0 saturated carbocycles. The number of rotatable bonds is 7. The Bertz CT molecular complexity index is 1220. The van der Waals surface area contributed by atoms with Gasteiger partial charge in [-0.05, 0) is 75.1 Å². The second kappa shape index (κ2) is 11.0. The van der Waals surface area contributed by atoms with Crippen LogP contribution >= 0.6 is 0 Å². The van der Waals surface area contributed by atoms with Gasteiger partial charge in [-0.15, -0.1) is 0 Å². The van der Waals surface area contributed by atoms with Gasteiger partial charge in [0.15, 0.2) is 0 Å². The van der Waals surface area contributed by atoms with E-state index in [4.69, 9.17) is 9.47 Å². The van der Waals surface area contributed by atoms with Crippen LogP contribution in [0.1, 0.15) is 57.7 Å². The zero-order valence-electron chi connectivity index (χ0n) is 21.8. The first-order valence-electron chi connectivity index (χ1n) is 12.5. The van der Waals surface area contributed by atoms with Crippen molar-refractivity contribution in [3.8, 4) is 11.4 Å². The molecule has 4 rings (SSSR count). The highest BCUT2D eigenvalue weighted by molar-refractivity contribution is 5.94. The first-order chi connectivity index (χ1) is 17.3. The van der Waals surface area contributed by atoms with E-state index in [0.717, 1.165) is 52.4 Å². The third-order valence-electron chi connectivity index (χ3n) is 7.03. The van der Waals surface area contributed by atoms with Crippen molar-refractivity contribution in [1.29, 1.82) is 0 Å². The summed E-state index contributed by atoms with van der Waals surface area (Å²) in [4.78, 5) is 26.6. The maximum atomic E-state index is 13.1. The fourth-order valence-electron chi connectivity index (χ4n) is 4.87. The molecule has 190 valence electrons. The van der Waals surface area contributed by atoms with Gasteiger partial charge in [-0.1, -0.05) is 18.2 Å². The van der Waals surface area contributed by atoms with E-state index in [2.05, 4.69) is 31.1 Å². The number of hydrogen-bond donors (Lipinski definition) is 0. The Kier molecular flexibility index (Phi) is 7.77. The normalized spacial score (nSPS) is 14.1. The molecule has 3 aromatic rings. The van der Waals surface area contributed by atoms with Gasteiger partial charge in [-0.2, -0.15) is 5.10 Å². The molecule has 7 nitrogen and oxygen atoms in total. The van der Waals surface area contributed by atoms with Gasteiger partial charge in [0, 0.05) is 43.6 Å². The Labute approximate surface area is 213 Å². The van der Waals surface area contributed by atoms with Crippen LogP contribution in [0, 0.1) is 27.7 Å². The standard InChI is InChI=1S/C29H35N3O4/c1-19-7-6-8-20(2)28(19)36-25-15-17-31(18-16-25)29(34)23-9-11-24(12-10-23)32-22(4)26(21(3)30-32)13-14-27(33)35-5/h6-12,25H,13-18H2,1-5H3. The topological polar surface area (TPSA) is 73.7 Å². The summed E-state index contributed by atoms with van der Waals surface area (Å²) in [5, 5.41) is 4.66. The molecule has 2 aromatic carbocycles. The molecule has 2 heterocycles. The van der Waals surface area contributed by atoms with E-state index in [1.54, 1.807) is 0 Å². The van der Waals surface area contributed by atoms with E-state index >= 15 is 0 Å². The summed E-state index contributed by atoms with van der Waals surface area (Å²) < 4.78 is 12.9. The van der Waals surface area contributed by atoms with Gasteiger partial charge in [-0.25, -0.2) is 4.68 Å². The molecule has 0 unspecified atom stereocenters. The lowest BCUT2D eigenvalue weighted by atomic mass is 10.0. The van der Waals surface area contributed by atoms with E-state index in [1.165, 1.54) is 7.11 Å². The van der Waals surface area contributed by atoms with Gasteiger partial charge in [0.25, 0.3) is 5.91 Å². The second-order valence-electron chi connectivity index (χ2n) is 9.51.